The maximum absolute atomic E-state index is 5.07. The van der Waals surface area contributed by atoms with E-state index in [1.54, 1.807) is 23.5 Å². The summed E-state index contributed by atoms with van der Waals surface area (Å²) in [6.07, 6.45) is 9.13. The van der Waals surface area contributed by atoms with Gasteiger partial charge in [0.1, 0.15) is 0 Å². The summed E-state index contributed by atoms with van der Waals surface area (Å²) in [5.74, 6) is 4.33. The Labute approximate surface area is 269 Å². The van der Waals surface area contributed by atoms with Crippen molar-refractivity contribution in [3.05, 3.63) is 133 Å². The first-order valence-corrected chi connectivity index (χ1v) is 16.7. The molecule has 5 atom stereocenters. The fraction of sp³-hybridized carbons (Fsp3) is 0.238. The Morgan fingerprint density at radius 1 is 0.543 bits per heavy atom. The summed E-state index contributed by atoms with van der Waals surface area (Å²) in [5.41, 5.74) is 12.0. The van der Waals surface area contributed by atoms with Gasteiger partial charge in [0, 0.05) is 34.5 Å². The van der Waals surface area contributed by atoms with Crippen LogP contribution in [-0.4, -0.2) is 19.9 Å². The van der Waals surface area contributed by atoms with Gasteiger partial charge in [-0.3, -0.25) is 4.98 Å². The van der Waals surface area contributed by atoms with Crippen LogP contribution in [0.3, 0.4) is 0 Å². The molecule has 2 heterocycles. The highest BCUT2D eigenvalue weighted by Crippen LogP contribution is 2.82. The first-order chi connectivity index (χ1) is 22.6. The lowest BCUT2D eigenvalue weighted by Gasteiger charge is -2.39. The van der Waals surface area contributed by atoms with Crippen molar-refractivity contribution in [1.82, 2.24) is 19.9 Å². The molecule has 4 nitrogen and oxygen atoms in total. The molecule has 2 aromatic heterocycles. The molecule has 4 heteroatoms. The van der Waals surface area contributed by atoms with Crippen molar-refractivity contribution in [2.45, 2.75) is 38.0 Å². The first kappa shape index (κ1) is 26.3. The zero-order valence-corrected chi connectivity index (χ0v) is 25.9. The standard InChI is InChI=1S/C42H34N4/c1-26-21-30-24-41(23-26)25-37(41)42(30)35-14-8-7-12-32(35)34-22-29(15-16-36(34)42)31-11-5-6-13-33(31)40-45-38(27-9-3-2-4-10-27)44-39(46-40)28-17-19-43-20-18-28/h2-20,22,26,30,37H,21,23-25H2,1H3. The van der Waals surface area contributed by atoms with Crippen molar-refractivity contribution in [3.8, 4) is 56.4 Å². The van der Waals surface area contributed by atoms with Crippen molar-refractivity contribution in [2.24, 2.45) is 23.2 Å². The lowest BCUT2D eigenvalue weighted by atomic mass is 9.64. The van der Waals surface area contributed by atoms with Crippen LogP contribution in [0, 0.1) is 23.2 Å². The molecule has 0 saturated heterocycles. The van der Waals surface area contributed by atoms with Gasteiger partial charge in [-0.25, -0.2) is 15.0 Å². The van der Waals surface area contributed by atoms with Crippen LogP contribution in [0.25, 0.3) is 56.4 Å². The number of nitrogens with zero attached hydrogens (tertiary/aromatic N) is 4. The van der Waals surface area contributed by atoms with Crippen LogP contribution in [-0.2, 0) is 5.41 Å². The highest BCUT2D eigenvalue weighted by molar-refractivity contribution is 5.89. The van der Waals surface area contributed by atoms with E-state index in [-0.39, 0.29) is 5.41 Å². The Morgan fingerprint density at radius 2 is 1.20 bits per heavy atom. The van der Waals surface area contributed by atoms with Gasteiger partial charge in [0.05, 0.1) is 0 Å². The molecule has 3 saturated carbocycles. The maximum atomic E-state index is 5.07. The van der Waals surface area contributed by atoms with E-state index in [0.717, 1.165) is 40.0 Å². The van der Waals surface area contributed by atoms with Gasteiger partial charge in [0.2, 0.25) is 0 Å². The van der Waals surface area contributed by atoms with E-state index in [1.165, 1.54) is 42.4 Å². The van der Waals surface area contributed by atoms with E-state index < -0.39 is 0 Å². The smallest absolute Gasteiger partial charge is 0.164 e. The van der Waals surface area contributed by atoms with E-state index in [4.69, 9.17) is 15.0 Å². The van der Waals surface area contributed by atoms with Crippen LogP contribution in [0.15, 0.2) is 122 Å². The van der Waals surface area contributed by atoms with Crippen LogP contribution in [0.4, 0.5) is 0 Å². The molecule has 5 unspecified atom stereocenters. The van der Waals surface area contributed by atoms with E-state index in [0.29, 0.717) is 22.9 Å². The highest BCUT2D eigenvalue weighted by Gasteiger charge is 2.75. The van der Waals surface area contributed by atoms with Crippen LogP contribution >= 0.6 is 0 Å². The molecule has 3 fully saturated rings. The molecule has 4 aliphatic rings. The molecular weight excluding hydrogens is 560 g/mol. The van der Waals surface area contributed by atoms with Gasteiger partial charge in [-0.1, -0.05) is 97.9 Å². The zero-order chi connectivity index (χ0) is 30.5. The lowest BCUT2D eigenvalue weighted by molar-refractivity contribution is 0.202. The lowest BCUT2D eigenvalue weighted by Crippen LogP contribution is -2.35. The minimum absolute atomic E-state index is 0.174. The largest absolute Gasteiger partial charge is 0.265 e. The third-order valence-corrected chi connectivity index (χ3v) is 11.7. The molecule has 222 valence electrons. The molecule has 2 spiro atoms. The Morgan fingerprint density at radius 3 is 2.00 bits per heavy atom. The SMILES string of the molecule is CC1CC2CC3(C1)CC3C21c2ccccc2-c2cc(-c3ccccc3-c3nc(-c4ccccc4)nc(-c4ccncc4)n3)ccc21. The van der Waals surface area contributed by atoms with Crippen molar-refractivity contribution >= 4 is 0 Å². The van der Waals surface area contributed by atoms with Crippen LogP contribution in [0.2, 0.25) is 0 Å². The Hall–Kier alpha value is -4.96. The van der Waals surface area contributed by atoms with E-state index in [2.05, 4.69) is 90.8 Å². The average molecular weight is 595 g/mol. The van der Waals surface area contributed by atoms with Gasteiger partial charge < -0.3 is 0 Å². The monoisotopic (exact) mass is 594 g/mol. The number of fused-ring (bicyclic) bond motifs is 8. The van der Waals surface area contributed by atoms with E-state index in [1.807, 2.05) is 30.3 Å². The minimum Gasteiger partial charge on any atom is -0.265 e. The van der Waals surface area contributed by atoms with Gasteiger partial charge in [-0.2, -0.15) is 0 Å². The number of benzene rings is 4. The van der Waals surface area contributed by atoms with Gasteiger partial charge in [0.15, 0.2) is 17.5 Å². The van der Waals surface area contributed by atoms with E-state index >= 15 is 0 Å². The Balaban J connectivity index is 1.14. The van der Waals surface area contributed by atoms with Crippen molar-refractivity contribution < 1.29 is 0 Å². The topological polar surface area (TPSA) is 51.6 Å². The molecule has 0 amide bonds. The van der Waals surface area contributed by atoms with Crippen LogP contribution < -0.4 is 0 Å². The summed E-state index contributed by atoms with van der Waals surface area (Å²) >= 11 is 0. The normalized spacial score (nSPS) is 26.4. The van der Waals surface area contributed by atoms with Crippen molar-refractivity contribution in [3.63, 3.8) is 0 Å². The Kier molecular flexibility index (Phi) is 5.44. The second kappa shape index (κ2) is 9.53. The fourth-order valence-electron chi connectivity index (χ4n) is 10.1. The summed E-state index contributed by atoms with van der Waals surface area (Å²) in [7, 11) is 0. The quantitative estimate of drug-likeness (QED) is 0.204. The van der Waals surface area contributed by atoms with Gasteiger partial charge >= 0.3 is 0 Å². The van der Waals surface area contributed by atoms with Crippen LogP contribution in [0.1, 0.15) is 43.7 Å². The number of rotatable bonds is 4. The van der Waals surface area contributed by atoms with Gasteiger partial charge in [0.25, 0.3) is 0 Å². The number of hydrogen-bond acceptors (Lipinski definition) is 4. The molecule has 0 radical (unpaired) electrons. The van der Waals surface area contributed by atoms with Gasteiger partial charge in [-0.15, -0.1) is 0 Å². The predicted octanol–water partition coefficient (Wildman–Crippen LogP) is 9.66. The second-order valence-corrected chi connectivity index (χ2v) is 14.2. The predicted molar refractivity (Wildman–Crippen MR) is 183 cm³/mol. The third-order valence-electron chi connectivity index (χ3n) is 11.7. The van der Waals surface area contributed by atoms with E-state index in [9.17, 15) is 0 Å². The molecule has 4 aliphatic carbocycles. The third kappa shape index (κ3) is 3.61. The molecule has 0 aliphatic heterocycles. The van der Waals surface area contributed by atoms with Gasteiger partial charge in [-0.05, 0) is 100 Å². The van der Waals surface area contributed by atoms with Crippen LogP contribution in [0.5, 0.6) is 0 Å². The number of pyridine rings is 1. The number of aromatic nitrogens is 4. The molecule has 2 bridgehead atoms. The summed E-state index contributed by atoms with van der Waals surface area (Å²) in [5, 5.41) is 0. The van der Waals surface area contributed by atoms with Crippen molar-refractivity contribution in [2.75, 3.05) is 0 Å². The number of hydrogen-bond donors (Lipinski definition) is 0. The minimum atomic E-state index is 0.174. The fourth-order valence-corrected chi connectivity index (χ4v) is 10.1. The zero-order valence-electron chi connectivity index (χ0n) is 25.9. The average Bonchev–Trinajstić information content (AvgIpc) is 3.64. The summed E-state index contributed by atoms with van der Waals surface area (Å²) in [6.45, 7) is 2.49. The molecule has 4 aromatic carbocycles. The second-order valence-electron chi connectivity index (χ2n) is 14.2. The Bertz CT molecular complexity index is 2100. The molecule has 46 heavy (non-hydrogen) atoms. The first-order valence-electron chi connectivity index (χ1n) is 16.7. The summed E-state index contributed by atoms with van der Waals surface area (Å²) in [6, 6.07) is 39.3. The molecule has 10 rings (SSSR count). The molecule has 0 N–H and O–H groups in total. The summed E-state index contributed by atoms with van der Waals surface area (Å²) < 4.78 is 0. The summed E-state index contributed by atoms with van der Waals surface area (Å²) in [4.78, 5) is 19.3. The highest BCUT2D eigenvalue weighted by atomic mass is 15.0. The van der Waals surface area contributed by atoms with Crippen molar-refractivity contribution in [1.29, 1.82) is 0 Å². The maximum Gasteiger partial charge on any atom is 0.164 e. The molecular formula is C42H34N4. The molecule has 6 aromatic rings.